The Hall–Kier alpha value is -2.94. The van der Waals surface area contributed by atoms with Crippen LogP contribution >= 0.6 is 0 Å². The van der Waals surface area contributed by atoms with E-state index in [1.165, 1.54) is 0 Å². The van der Waals surface area contributed by atoms with Gasteiger partial charge in [-0.05, 0) is 112 Å². The molecule has 0 radical (unpaired) electrons. The molecule has 3 rings (SSSR count). The molecule has 3 heteroatoms. The van der Waals surface area contributed by atoms with Crippen molar-refractivity contribution in [3.05, 3.63) is 86.5 Å². The molecule has 0 saturated heterocycles. The van der Waals surface area contributed by atoms with Crippen LogP contribution in [0.2, 0.25) is 0 Å². The molecule has 218 valence electrons. The highest BCUT2D eigenvalue weighted by atomic mass is 16.3. The Morgan fingerprint density at radius 3 is 0.900 bits per heavy atom. The van der Waals surface area contributed by atoms with Crippen molar-refractivity contribution in [2.24, 2.45) is 0 Å². The van der Waals surface area contributed by atoms with Gasteiger partial charge in [0.2, 0.25) is 0 Å². The molecule has 40 heavy (non-hydrogen) atoms. The number of benzene rings is 3. The van der Waals surface area contributed by atoms with E-state index in [0.717, 1.165) is 62.9 Å². The van der Waals surface area contributed by atoms with Crippen molar-refractivity contribution < 1.29 is 15.3 Å². The number of phenolic OH excluding ortho intramolecular Hbond substituents is 3. The maximum atomic E-state index is 11.1. The normalized spacial score (nSPS) is 13.1. The second-order valence-corrected chi connectivity index (χ2v) is 15.0. The standard InChI is InChI=1S/C37H52O3/c1-14-15-37(25-19-28(34(5,6)7)31(38)16-22(25)2,26-20-29(35(8,9)10)32(39)17-23(26)3)27-21-30(36(11,12)13)33(40)18-24(27)4/h16-21,38-40H,14-15H2,1-13H3. The Kier molecular flexibility index (Phi) is 8.27. The molecule has 0 amide bonds. The molecule has 0 aromatic heterocycles. The summed E-state index contributed by atoms with van der Waals surface area (Å²) < 4.78 is 0. The van der Waals surface area contributed by atoms with E-state index >= 15 is 0 Å². The van der Waals surface area contributed by atoms with Crippen molar-refractivity contribution in [1.82, 2.24) is 0 Å². The lowest BCUT2D eigenvalue weighted by molar-refractivity contribution is 0.439. The van der Waals surface area contributed by atoms with Crippen LogP contribution in [0.3, 0.4) is 0 Å². The summed E-state index contributed by atoms with van der Waals surface area (Å²) in [5.74, 6) is 0.944. The van der Waals surface area contributed by atoms with Gasteiger partial charge in [-0.3, -0.25) is 0 Å². The highest BCUT2D eigenvalue weighted by Gasteiger charge is 2.42. The zero-order valence-corrected chi connectivity index (χ0v) is 27.2. The van der Waals surface area contributed by atoms with Gasteiger partial charge in [-0.2, -0.15) is 0 Å². The summed E-state index contributed by atoms with van der Waals surface area (Å²) in [5, 5.41) is 33.3. The van der Waals surface area contributed by atoms with Crippen LogP contribution in [-0.2, 0) is 21.7 Å². The summed E-state index contributed by atoms with van der Waals surface area (Å²) in [4.78, 5) is 0. The van der Waals surface area contributed by atoms with E-state index in [9.17, 15) is 15.3 Å². The second kappa shape index (κ2) is 10.5. The third kappa shape index (κ3) is 5.62. The summed E-state index contributed by atoms with van der Waals surface area (Å²) in [6.07, 6.45) is 1.74. The first kappa shape index (κ1) is 31.6. The van der Waals surface area contributed by atoms with Crippen LogP contribution in [0.15, 0.2) is 36.4 Å². The lowest BCUT2D eigenvalue weighted by atomic mass is 9.61. The zero-order valence-electron chi connectivity index (χ0n) is 27.2. The smallest absolute Gasteiger partial charge is 0.119 e. The molecule has 0 aliphatic carbocycles. The number of hydrogen-bond donors (Lipinski definition) is 3. The van der Waals surface area contributed by atoms with Crippen molar-refractivity contribution >= 4 is 0 Å². The fraction of sp³-hybridized carbons (Fsp3) is 0.514. The van der Waals surface area contributed by atoms with Gasteiger partial charge in [0.15, 0.2) is 0 Å². The summed E-state index contributed by atoms with van der Waals surface area (Å²) in [6.45, 7) is 27.7. The first-order valence-corrected chi connectivity index (χ1v) is 14.7. The summed E-state index contributed by atoms with van der Waals surface area (Å²) in [6, 6.07) is 12.4. The Balaban J connectivity index is 2.70. The van der Waals surface area contributed by atoms with E-state index in [-0.39, 0.29) is 16.2 Å². The second-order valence-electron chi connectivity index (χ2n) is 15.0. The van der Waals surface area contributed by atoms with E-state index in [4.69, 9.17) is 0 Å². The van der Waals surface area contributed by atoms with Gasteiger partial charge in [0, 0.05) is 5.41 Å². The number of rotatable bonds is 5. The van der Waals surface area contributed by atoms with Gasteiger partial charge in [0.05, 0.1) is 0 Å². The number of aryl methyl sites for hydroxylation is 3. The van der Waals surface area contributed by atoms with Crippen molar-refractivity contribution in [3.63, 3.8) is 0 Å². The van der Waals surface area contributed by atoms with Crippen molar-refractivity contribution in [1.29, 1.82) is 0 Å². The highest BCUT2D eigenvalue weighted by molar-refractivity contribution is 5.63. The van der Waals surface area contributed by atoms with Crippen LogP contribution in [0.4, 0.5) is 0 Å². The van der Waals surface area contributed by atoms with Gasteiger partial charge in [0.25, 0.3) is 0 Å². The molecule has 3 aromatic carbocycles. The third-order valence-electron chi connectivity index (χ3n) is 8.46. The SMILES string of the molecule is CCCC(c1cc(C(C)(C)C)c(O)cc1C)(c1cc(C(C)(C)C)c(O)cc1C)c1cc(C(C)(C)C)c(O)cc1C. The Bertz CT molecular complexity index is 1240. The monoisotopic (exact) mass is 544 g/mol. The molecule has 3 N–H and O–H groups in total. The number of phenols is 3. The molecule has 0 spiro atoms. The first-order chi connectivity index (χ1) is 18.2. The predicted octanol–water partition coefficient (Wildman–Crippen LogP) is 9.76. The molecular weight excluding hydrogens is 492 g/mol. The fourth-order valence-electron chi connectivity index (χ4n) is 6.47. The average Bonchev–Trinajstić information content (AvgIpc) is 2.75. The van der Waals surface area contributed by atoms with Gasteiger partial charge in [-0.15, -0.1) is 0 Å². The minimum Gasteiger partial charge on any atom is -0.508 e. The van der Waals surface area contributed by atoms with Crippen LogP contribution < -0.4 is 0 Å². The topological polar surface area (TPSA) is 60.7 Å². The van der Waals surface area contributed by atoms with Gasteiger partial charge < -0.3 is 15.3 Å². The molecule has 0 aliphatic heterocycles. The zero-order chi connectivity index (χ0) is 30.6. The molecule has 0 atom stereocenters. The molecule has 0 bridgehead atoms. The van der Waals surface area contributed by atoms with E-state index in [0.29, 0.717) is 17.2 Å². The van der Waals surface area contributed by atoms with Crippen LogP contribution in [0, 0.1) is 20.8 Å². The fourth-order valence-corrected chi connectivity index (χ4v) is 6.47. The molecular formula is C37H52O3. The molecule has 3 nitrogen and oxygen atoms in total. The lowest BCUT2D eigenvalue weighted by Crippen LogP contribution is -2.34. The average molecular weight is 545 g/mol. The molecule has 0 saturated carbocycles. The summed E-state index contributed by atoms with van der Waals surface area (Å²) in [7, 11) is 0. The predicted molar refractivity (Wildman–Crippen MR) is 169 cm³/mol. The lowest BCUT2D eigenvalue weighted by Gasteiger charge is -2.42. The Labute approximate surface area is 243 Å². The third-order valence-corrected chi connectivity index (χ3v) is 8.46. The van der Waals surface area contributed by atoms with Crippen LogP contribution in [-0.4, -0.2) is 15.3 Å². The van der Waals surface area contributed by atoms with E-state index in [2.05, 4.69) is 108 Å². The molecule has 0 fully saturated rings. The van der Waals surface area contributed by atoms with Gasteiger partial charge >= 0.3 is 0 Å². The number of aromatic hydroxyl groups is 3. The molecule has 3 aromatic rings. The van der Waals surface area contributed by atoms with Crippen molar-refractivity contribution in [3.8, 4) is 17.2 Å². The van der Waals surface area contributed by atoms with Gasteiger partial charge in [-0.25, -0.2) is 0 Å². The van der Waals surface area contributed by atoms with Crippen molar-refractivity contribution in [2.45, 2.75) is 125 Å². The quantitative estimate of drug-likeness (QED) is 0.280. The molecule has 0 heterocycles. The molecule has 0 unspecified atom stereocenters. The number of hydrogen-bond acceptors (Lipinski definition) is 3. The molecule has 0 aliphatic rings. The maximum absolute atomic E-state index is 11.1. The largest absolute Gasteiger partial charge is 0.508 e. The maximum Gasteiger partial charge on any atom is 0.119 e. The van der Waals surface area contributed by atoms with E-state index in [1.807, 2.05) is 18.2 Å². The van der Waals surface area contributed by atoms with E-state index < -0.39 is 5.41 Å². The minimum atomic E-state index is -0.581. The van der Waals surface area contributed by atoms with Crippen molar-refractivity contribution in [2.75, 3.05) is 0 Å². The van der Waals surface area contributed by atoms with Gasteiger partial charge in [0.1, 0.15) is 17.2 Å². The highest BCUT2D eigenvalue weighted by Crippen LogP contribution is 2.52. The van der Waals surface area contributed by atoms with Crippen LogP contribution in [0.5, 0.6) is 17.2 Å². The van der Waals surface area contributed by atoms with Crippen LogP contribution in [0.25, 0.3) is 0 Å². The first-order valence-electron chi connectivity index (χ1n) is 14.7. The van der Waals surface area contributed by atoms with Crippen LogP contribution in [0.1, 0.15) is 132 Å². The Morgan fingerprint density at radius 1 is 0.450 bits per heavy atom. The Morgan fingerprint density at radius 2 is 0.700 bits per heavy atom. The summed E-state index contributed by atoms with van der Waals surface area (Å²) in [5.41, 5.74) is 7.90. The minimum absolute atomic E-state index is 0.258. The van der Waals surface area contributed by atoms with Gasteiger partial charge in [-0.1, -0.05) is 93.9 Å². The van der Waals surface area contributed by atoms with E-state index in [1.54, 1.807) is 0 Å². The summed E-state index contributed by atoms with van der Waals surface area (Å²) >= 11 is 0.